The number of nitrogens with zero attached hydrogens (tertiary/aromatic N) is 4. The fourth-order valence-electron chi connectivity index (χ4n) is 4.48. The molecule has 2 rings (SSSR count). The number of azo groups is 1. The van der Waals surface area contributed by atoms with Gasteiger partial charge in [0.25, 0.3) is 0 Å². The van der Waals surface area contributed by atoms with E-state index >= 15 is 0 Å². The molecule has 204 valence electrons. The van der Waals surface area contributed by atoms with Crippen molar-refractivity contribution in [1.82, 2.24) is 9.29 Å². The van der Waals surface area contributed by atoms with E-state index in [1.54, 1.807) is 35.5 Å². The molecule has 0 radical (unpaired) electrons. The molecule has 0 bridgehead atoms. The number of nitriles is 1. The summed E-state index contributed by atoms with van der Waals surface area (Å²) in [6.45, 7) is 11.2. The number of rotatable bonds is 16. The number of hydrogen-bond donors (Lipinski definition) is 2. The predicted molar refractivity (Wildman–Crippen MR) is 148 cm³/mol. The first-order valence-electron chi connectivity index (χ1n) is 13.6. The van der Waals surface area contributed by atoms with E-state index in [2.05, 4.69) is 42.9 Å². The molecule has 2 unspecified atom stereocenters. The Morgan fingerprint density at radius 1 is 1.00 bits per heavy atom. The highest BCUT2D eigenvalue weighted by Crippen LogP contribution is 2.35. The summed E-state index contributed by atoms with van der Waals surface area (Å²) in [6, 6.07) is 8.56. The molecule has 8 nitrogen and oxygen atoms in total. The van der Waals surface area contributed by atoms with E-state index in [0.717, 1.165) is 51.4 Å². The lowest BCUT2D eigenvalue weighted by Gasteiger charge is -2.30. The highest BCUT2D eigenvalue weighted by molar-refractivity contribution is 7.89. The summed E-state index contributed by atoms with van der Waals surface area (Å²) in [5, 5.41) is 27.7. The molecule has 0 aliphatic rings. The maximum atomic E-state index is 14.1. The Kier molecular flexibility index (Phi) is 12.3. The molecule has 1 aromatic heterocycles. The highest BCUT2D eigenvalue weighted by Gasteiger charge is 2.30. The van der Waals surface area contributed by atoms with E-state index < -0.39 is 10.0 Å². The Labute approximate surface area is 222 Å². The Morgan fingerprint density at radius 3 is 2.05 bits per heavy atom. The van der Waals surface area contributed by atoms with Crippen LogP contribution >= 0.6 is 0 Å². The van der Waals surface area contributed by atoms with Gasteiger partial charge in [-0.15, -0.1) is 10.2 Å². The zero-order valence-electron chi connectivity index (χ0n) is 23.0. The smallest absolute Gasteiger partial charge is 0.245 e. The summed E-state index contributed by atoms with van der Waals surface area (Å²) in [5.41, 5.74) is 0.967. The molecule has 0 aliphatic heterocycles. The van der Waals surface area contributed by atoms with Gasteiger partial charge >= 0.3 is 0 Å². The zero-order valence-corrected chi connectivity index (χ0v) is 23.8. The van der Waals surface area contributed by atoms with Crippen LogP contribution in [0.25, 0.3) is 0 Å². The average Bonchev–Trinajstić information content (AvgIpc) is 3.18. The summed E-state index contributed by atoms with van der Waals surface area (Å²) < 4.78 is 29.9. The first-order chi connectivity index (χ1) is 17.7. The molecule has 0 spiro atoms. The first-order valence-corrected chi connectivity index (χ1v) is 15.0. The van der Waals surface area contributed by atoms with E-state index in [0.29, 0.717) is 18.7 Å². The van der Waals surface area contributed by atoms with Crippen molar-refractivity contribution in [2.45, 2.75) is 90.9 Å². The van der Waals surface area contributed by atoms with Gasteiger partial charge in [-0.05, 0) is 43.7 Å². The second-order valence-corrected chi connectivity index (χ2v) is 11.7. The Hall–Kier alpha value is -2.70. The second kappa shape index (κ2) is 14.9. The number of aromatic hydroxyl groups is 1. The number of aromatic nitrogens is 1. The van der Waals surface area contributed by atoms with Gasteiger partial charge in [-0.3, -0.25) is 0 Å². The molecule has 1 aromatic carbocycles. The monoisotopic (exact) mass is 529 g/mol. The summed E-state index contributed by atoms with van der Waals surface area (Å²) in [4.78, 5) is 2.67. The average molecular weight is 530 g/mol. The Bertz CT molecular complexity index is 1150. The van der Waals surface area contributed by atoms with Crippen LogP contribution in [-0.4, -0.2) is 35.9 Å². The van der Waals surface area contributed by atoms with Gasteiger partial charge in [0.05, 0.1) is 0 Å². The van der Waals surface area contributed by atoms with Gasteiger partial charge in [0.2, 0.25) is 15.9 Å². The molecule has 0 aliphatic carbocycles. The third kappa shape index (κ3) is 8.14. The first kappa shape index (κ1) is 30.5. The van der Waals surface area contributed by atoms with Gasteiger partial charge < -0.3 is 10.1 Å². The Balaban J connectivity index is 2.48. The van der Waals surface area contributed by atoms with Crippen LogP contribution in [0.15, 0.2) is 39.4 Å². The number of benzene rings is 1. The minimum Gasteiger partial charge on any atom is -0.493 e. The maximum absolute atomic E-state index is 14.1. The molecular weight excluding hydrogens is 486 g/mol. The SMILES string of the molecule is CCCCC(CC)CN(CC(CC)CCCC)S(=O)(=O)c1ccccc1N=Nc1c(O)[nH]c(C#N)c1C. The molecule has 2 aromatic rings. The van der Waals surface area contributed by atoms with E-state index in [1.165, 1.54) is 0 Å². The molecular formula is C28H43N5O3S. The van der Waals surface area contributed by atoms with Crippen LogP contribution in [0.5, 0.6) is 5.88 Å². The maximum Gasteiger partial charge on any atom is 0.245 e. The van der Waals surface area contributed by atoms with Crippen LogP contribution in [0.2, 0.25) is 0 Å². The third-order valence-electron chi connectivity index (χ3n) is 7.06. The van der Waals surface area contributed by atoms with E-state index in [1.807, 2.05) is 6.07 Å². The molecule has 1 heterocycles. The van der Waals surface area contributed by atoms with Gasteiger partial charge in [-0.25, -0.2) is 8.42 Å². The lowest BCUT2D eigenvalue weighted by molar-refractivity contribution is 0.270. The van der Waals surface area contributed by atoms with Crippen LogP contribution in [-0.2, 0) is 10.0 Å². The minimum atomic E-state index is -3.86. The third-order valence-corrected chi connectivity index (χ3v) is 8.94. The number of aromatic amines is 1. The topological polar surface area (TPSA) is 122 Å². The van der Waals surface area contributed by atoms with Crippen LogP contribution in [0, 0.1) is 30.1 Å². The number of nitrogens with one attached hydrogen (secondary N) is 1. The summed E-state index contributed by atoms with van der Waals surface area (Å²) in [5.74, 6) is 0.301. The lowest BCUT2D eigenvalue weighted by atomic mass is 9.97. The Morgan fingerprint density at radius 2 is 1.57 bits per heavy atom. The highest BCUT2D eigenvalue weighted by atomic mass is 32.2. The van der Waals surface area contributed by atoms with Crippen LogP contribution in [0.3, 0.4) is 0 Å². The van der Waals surface area contributed by atoms with Crippen molar-refractivity contribution in [3.05, 3.63) is 35.5 Å². The summed E-state index contributed by atoms with van der Waals surface area (Å²) in [7, 11) is -3.86. The van der Waals surface area contributed by atoms with Crippen molar-refractivity contribution in [2.75, 3.05) is 13.1 Å². The second-order valence-electron chi connectivity index (χ2n) is 9.76. The minimum absolute atomic E-state index is 0.0997. The number of H-pyrrole nitrogens is 1. The van der Waals surface area contributed by atoms with E-state index in [4.69, 9.17) is 0 Å². The predicted octanol–water partition coefficient (Wildman–Crippen LogP) is 7.74. The molecule has 2 atom stereocenters. The van der Waals surface area contributed by atoms with Crippen molar-refractivity contribution in [3.63, 3.8) is 0 Å². The normalized spacial score (nSPS) is 13.8. The van der Waals surface area contributed by atoms with Crippen LogP contribution < -0.4 is 0 Å². The molecule has 0 fully saturated rings. The van der Waals surface area contributed by atoms with Gasteiger partial charge in [0.15, 0.2) is 5.69 Å². The molecule has 0 saturated carbocycles. The quantitative estimate of drug-likeness (QED) is 0.216. The van der Waals surface area contributed by atoms with Gasteiger partial charge in [-0.2, -0.15) is 9.57 Å². The number of unbranched alkanes of at least 4 members (excludes halogenated alkanes) is 2. The molecule has 2 N–H and O–H groups in total. The fourth-order valence-corrected chi connectivity index (χ4v) is 6.20. The standard InChI is InChI=1S/C28H43N5O3S/c1-6-10-14-22(8-3)19-33(20-23(9-4)15-11-7-2)37(35,36)26-17-13-12-16-24(26)31-32-27-21(5)25(18-29)30-28(27)34/h12-13,16-17,22-23,30,34H,6-11,14-15,19-20H2,1-5H3. The molecule has 37 heavy (non-hydrogen) atoms. The van der Waals surface area contributed by atoms with Crippen LogP contribution in [0.1, 0.15) is 90.3 Å². The largest absolute Gasteiger partial charge is 0.493 e. The summed E-state index contributed by atoms with van der Waals surface area (Å²) in [6.07, 6.45) is 8.17. The number of hydrogen-bond acceptors (Lipinski definition) is 6. The van der Waals surface area contributed by atoms with Gasteiger partial charge in [0.1, 0.15) is 22.3 Å². The molecule has 0 amide bonds. The summed E-state index contributed by atoms with van der Waals surface area (Å²) >= 11 is 0. The number of sulfonamides is 1. The van der Waals surface area contributed by atoms with Crippen molar-refractivity contribution in [3.8, 4) is 11.9 Å². The molecule has 0 saturated heterocycles. The van der Waals surface area contributed by atoms with Gasteiger partial charge in [-0.1, -0.05) is 78.4 Å². The fraction of sp³-hybridized carbons (Fsp3) is 0.607. The van der Waals surface area contributed by atoms with Crippen molar-refractivity contribution >= 4 is 21.4 Å². The van der Waals surface area contributed by atoms with E-state index in [-0.39, 0.29) is 39.7 Å². The van der Waals surface area contributed by atoms with E-state index in [9.17, 15) is 18.8 Å². The van der Waals surface area contributed by atoms with Crippen LogP contribution in [0.4, 0.5) is 11.4 Å². The molecule has 9 heteroatoms. The van der Waals surface area contributed by atoms with Crippen molar-refractivity contribution < 1.29 is 13.5 Å². The zero-order chi connectivity index (χ0) is 27.4. The lowest BCUT2D eigenvalue weighted by Crippen LogP contribution is -2.39. The van der Waals surface area contributed by atoms with Crippen molar-refractivity contribution in [1.29, 1.82) is 5.26 Å². The van der Waals surface area contributed by atoms with Crippen molar-refractivity contribution in [2.24, 2.45) is 22.1 Å². The van der Waals surface area contributed by atoms with Gasteiger partial charge in [0, 0.05) is 18.7 Å².